The van der Waals surface area contributed by atoms with Gasteiger partial charge in [-0.25, -0.2) is 14.8 Å². The molecule has 3 heterocycles. The van der Waals surface area contributed by atoms with Crippen LogP contribution >= 0.6 is 0 Å². The van der Waals surface area contributed by atoms with Gasteiger partial charge in [-0.3, -0.25) is 19.1 Å². The van der Waals surface area contributed by atoms with Crippen molar-refractivity contribution in [2.75, 3.05) is 10.2 Å². The van der Waals surface area contributed by atoms with Gasteiger partial charge in [-0.15, -0.1) is 0 Å². The molecule has 2 aromatic carbocycles. The Balaban J connectivity index is 0.00000139. The lowest BCUT2D eigenvalue weighted by Crippen LogP contribution is -2.48. The van der Waals surface area contributed by atoms with Crippen molar-refractivity contribution in [2.24, 2.45) is 14.1 Å². The summed E-state index contributed by atoms with van der Waals surface area (Å²) < 4.78 is 3.47. The number of nitriles is 1. The van der Waals surface area contributed by atoms with E-state index in [1.807, 2.05) is 92.1 Å². The first kappa shape index (κ1) is 32.4. The Labute approximate surface area is 272 Å². The molecule has 47 heavy (non-hydrogen) atoms. The normalized spacial score (nSPS) is 15.4. The molecule has 3 aromatic heterocycles. The van der Waals surface area contributed by atoms with Gasteiger partial charge in [0.15, 0.2) is 0 Å². The van der Waals surface area contributed by atoms with Crippen molar-refractivity contribution in [3.63, 3.8) is 0 Å². The Morgan fingerprint density at radius 3 is 2.36 bits per heavy atom. The number of urea groups is 1. The van der Waals surface area contributed by atoms with E-state index in [2.05, 4.69) is 36.9 Å². The van der Waals surface area contributed by atoms with Crippen LogP contribution < -0.4 is 15.5 Å². The Morgan fingerprint density at radius 1 is 1.02 bits per heavy atom. The van der Waals surface area contributed by atoms with Crippen LogP contribution in [-0.2, 0) is 25.4 Å². The van der Waals surface area contributed by atoms with Gasteiger partial charge in [0, 0.05) is 56.4 Å². The molecule has 1 saturated carbocycles. The third kappa shape index (κ3) is 7.98. The molecule has 6 rings (SSSR count). The largest absolute Gasteiger partial charge is 0.483 e. The fraction of sp³-hybridized carbons (Fsp3) is 0.265. The number of rotatable bonds is 8. The van der Waals surface area contributed by atoms with Gasteiger partial charge in [-0.2, -0.15) is 15.5 Å². The standard InChI is InChI=1S/C33H34N10O.CH2O2/c1-41-22-26(21-38-41)24-8-12-28(13-9-24)43(33(44)36-19-23-6-4-3-5-7-23)29-14-10-27(11-15-29)39-32-35-20-25(18-34)31(40-32)30-16-17-37-42(30)2;2-1-3/h3-9,12-13,16-17,20-22,27,29H,10-11,14-15,19H2,1-2H3,(H,36,44)(H,35,39,40);1H,(H,2,3). The fourth-order valence-electron chi connectivity index (χ4n) is 5.73. The minimum atomic E-state index is -0.250. The van der Waals surface area contributed by atoms with Crippen LogP contribution in [0.15, 0.2) is 85.5 Å². The topological polar surface area (TPSA) is 167 Å². The lowest BCUT2D eigenvalue weighted by molar-refractivity contribution is -0.122. The molecule has 13 heteroatoms. The SMILES string of the molecule is Cn1cc(-c2ccc(N(C(=O)NCc3ccccc3)C3CCC(Nc4ncc(C#N)c(-c5ccnn5C)n4)CC3)cc2)cn1.O=CO. The molecule has 1 aliphatic carbocycles. The summed E-state index contributed by atoms with van der Waals surface area (Å²) in [6.45, 7) is 0.204. The van der Waals surface area contributed by atoms with Crippen molar-refractivity contribution in [1.82, 2.24) is 34.8 Å². The van der Waals surface area contributed by atoms with Crippen LogP contribution in [0.1, 0.15) is 36.8 Å². The Hall–Kier alpha value is -6.03. The molecule has 1 aliphatic rings. The predicted octanol–water partition coefficient (Wildman–Crippen LogP) is 4.99. The van der Waals surface area contributed by atoms with E-state index in [1.165, 1.54) is 0 Å². The number of aryl methyl sites for hydroxylation is 2. The second-order valence-corrected chi connectivity index (χ2v) is 11.1. The molecule has 0 atom stereocenters. The monoisotopic (exact) mass is 632 g/mol. The zero-order valence-corrected chi connectivity index (χ0v) is 26.2. The van der Waals surface area contributed by atoms with Crippen LogP contribution in [0.5, 0.6) is 0 Å². The number of nitrogens with zero attached hydrogens (tertiary/aromatic N) is 8. The molecular formula is C34H36N10O3. The first-order chi connectivity index (χ1) is 22.9. The third-order valence-corrected chi connectivity index (χ3v) is 8.06. The van der Waals surface area contributed by atoms with E-state index in [-0.39, 0.29) is 24.6 Å². The zero-order valence-electron chi connectivity index (χ0n) is 26.2. The van der Waals surface area contributed by atoms with Crippen molar-refractivity contribution in [3.05, 3.63) is 96.6 Å². The summed E-state index contributed by atoms with van der Waals surface area (Å²) in [6, 6.07) is 22.1. The van der Waals surface area contributed by atoms with Gasteiger partial charge < -0.3 is 15.7 Å². The number of nitrogens with one attached hydrogen (secondary N) is 2. The van der Waals surface area contributed by atoms with Gasteiger partial charge in [0.05, 0.1) is 23.7 Å². The first-order valence-electron chi connectivity index (χ1n) is 15.2. The molecular weight excluding hydrogens is 596 g/mol. The quantitative estimate of drug-likeness (QED) is 0.200. The molecule has 1 fully saturated rings. The number of amides is 2. The molecule has 0 bridgehead atoms. The molecule has 0 aliphatic heterocycles. The molecule has 3 N–H and O–H groups in total. The van der Waals surface area contributed by atoms with Crippen LogP contribution in [0.4, 0.5) is 16.4 Å². The van der Waals surface area contributed by atoms with E-state index in [4.69, 9.17) is 9.90 Å². The highest BCUT2D eigenvalue weighted by Crippen LogP contribution is 2.31. The predicted molar refractivity (Wildman–Crippen MR) is 177 cm³/mol. The third-order valence-electron chi connectivity index (χ3n) is 8.06. The molecule has 2 amide bonds. The second kappa shape index (κ2) is 15.3. The van der Waals surface area contributed by atoms with Crippen LogP contribution in [-0.4, -0.2) is 59.2 Å². The highest BCUT2D eigenvalue weighted by atomic mass is 16.3. The number of hydrogen-bond acceptors (Lipinski definition) is 8. The number of hydrogen-bond donors (Lipinski definition) is 3. The summed E-state index contributed by atoms with van der Waals surface area (Å²) in [5.41, 5.74) is 5.69. The number of carbonyl (C=O) groups excluding carboxylic acids is 1. The number of carbonyl (C=O) groups is 2. The Morgan fingerprint density at radius 2 is 1.74 bits per heavy atom. The van der Waals surface area contributed by atoms with Crippen molar-refractivity contribution in [2.45, 2.75) is 44.3 Å². The minimum absolute atomic E-state index is 0.0277. The van der Waals surface area contributed by atoms with E-state index in [9.17, 15) is 10.1 Å². The van der Waals surface area contributed by atoms with Crippen LogP contribution in [0, 0.1) is 11.3 Å². The summed E-state index contributed by atoms with van der Waals surface area (Å²) in [4.78, 5) is 33.1. The molecule has 0 unspecified atom stereocenters. The molecule has 13 nitrogen and oxygen atoms in total. The molecule has 5 aromatic rings. The van der Waals surface area contributed by atoms with Gasteiger partial charge in [0.25, 0.3) is 6.47 Å². The van der Waals surface area contributed by atoms with Gasteiger partial charge in [-0.05, 0) is 55.0 Å². The molecule has 240 valence electrons. The number of carboxylic acid groups (broad SMARTS) is 1. The summed E-state index contributed by atoms with van der Waals surface area (Å²) in [5.74, 6) is 0.479. The number of benzene rings is 2. The van der Waals surface area contributed by atoms with Gasteiger partial charge in [0.1, 0.15) is 11.8 Å². The summed E-state index contributed by atoms with van der Waals surface area (Å²) in [7, 11) is 3.72. The summed E-state index contributed by atoms with van der Waals surface area (Å²) in [5, 5.41) is 31.6. The highest BCUT2D eigenvalue weighted by Gasteiger charge is 2.30. The zero-order chi connectivity index (χ0) is 33.2. The van der Waals surface area contributed by atoms with Crippen molar-refractivity contribution >= 4 is 24.1 Å². The van der Waals surface area contributed by atoms with Crippen LogP contribution in [0.25, 0.3) is 22.5 Å². The van der Waals surface area contributed by atoms with E-state index >= 15 is 0 Å². The molecule has 0 radical (unpaired) electrons. The summed E-state index contributed by atoms with van der Waals surface area (Å²) >= 11 is 0. The van der Waals surface area contributed by atoms with Crippen molar-refractivity contribution in [1.29, 1.82) is 5.26 Å². The van der Waals surface area contributed by atoms with Gasteiger partial charge in [-0.1, -0.05) is 42.5 Å². The molecule has 0 saturated heterocycles. The van der Waals surface area contributed by atoms with Crippen LogP contribution in [0.3, 0.4) is 0 Å². The lowest BCUT2D eigenvalue weighted by atomic mass is 9.90. The number of anilines is 2. The average Bonchev–Trinajstić information content (AvgIpc) is 3.73. The van der Waals surface area contributed by atoms with E-state index in [0.717, 1.165) is 53.8 Å². The van der Waals surface area contributed by atoms with E-state index < -0.39 is 0 Å². The van der Waals surface area contributed by atoms with Crippen molar-refractivity contribution in [3.8, 4) is 28.6 Å². The fourth-order valence-corrected chi connectivity index (χ4v) is 5.73. The smallest absolute Gasteiger partial charge is 0.322 e. The number of aromatic nitrogens is 6. The Bertz CT molecular complexity index is 1820. The van der Waals surface area contributed by atoms with Gasteiger partial charge >= 0.3 is 6.03 Å². The first-order valence-corrected chi connectivity index (χ1v) is 15.2. The highest BCUT2D eigenvalue weighted by molar-refractivity contribution is 5.93. The van der Waals surface area contributed by atoms with Gasteiger partial charge in [0.2, 0.25) is 5.95 Å². The Kier molecular flexibility index (Phi) is 10.5. The van der Waals surface area contributed by atoms with Crippen molar-refractivity contribution < 1.29 is 14.7 Å². The van der Waals surface area contributed by atoms with E-state index in [1.54, 1.807) is 21.8 Å². The lowest BCUT2D eigenvalue weighted by Gasteiger charge is -2.37. The molecule has 0 spiro atoms. The maximum absolute atomic E-state index is 13.7. The second-order valence-electron chi connectivity index (χ2n) is 11.1. The minimum Gasteiger partial charge on any atom is -0.483 e. The maximum Gasteiger partial charge on any atom is 0.322 e. The van der Waals surface area contributed by atoms with Crippen LogP contribution in [0.2, 0.25) is 0 Å². The summed E-state index contributed by atoms with van der Waals surface area (Å²) in [6.07, 6.45) is 10.3. The van der Waals surface area contributed by atoms with E-state index in [0.29, 0.717) is 23.8 Å². The maximum atomic E-state index is 13.7. The average molecular weight is 633 g/mol.